The van der Waals surface area contributed by atoms with Gasteiger partial charge in [-0.2, -0.15) is 0 Å². The number of aromatic nitrogens is 1. The molecule has 3 atom stereocenters. The zero-order valence-electron chi connectivity index (χ0n) is 16.3. The van der Waals surface area contributed by atoms with Gasteiger partial charge in [-0.25, -0.2) is 14.6 Å². The summed E-state index contributed by atoms with van der Waals surface area (Å²) in [4.78, 5) is 55.1. The molecule has 2 aromatic rings. The van der Waals surface area contributed by atoms with Crippen molar-refractivity contribution in [1.29, 1.82) is 0 Å². The van der Waals surface area contributed by atoms with E-state index in [1.165, 1.54) is 28.0 Å². The Labute approximate surface area is 189 Å². The third-order valence-electron chi connectivity index (χ3n) is 5.15. The predicted molar refractivity (Wildman–Crippen MR) is 114 cm³/mol. The van der Waals surface area contributed by atoms with E-state index in [1.54, 1.807) is 35.7 Å². The molecule has 1 fully saturated rings. The molecular weight excluding hydrogens is 456 g/mol. The Morgan fingerprint density at radius 2 is 2.12 bits per heavy atom. The molecule has 2 unspecified atom stereocenters. The summed E-state index contributed by atoms with van der Waals surface area (Å²) < 4.78 is 10.5. The number of fused-ring (bicyclic) bond motifs is 2. The van der Waals surface area contributed by atoms with Crippen LogP contribution in [0.3, 0.4) is 0 Å². The minimum absolute atomic E-state index is 0.00601. The van der Waals surface area contributed by atoms with Crippen molar-refractivity contribution in [3.63, 3.8) is 0 Å². The molecule has 4 heterocycles. The Morgan fingerprint density at radius 1 is 1.31 bits per heavy atom. The zero-order valence-corrected chi connectivity index (χ0v) is 18.0. The van der Waals surface area contributed by atoms with Gasteiger partial charge in [0.05, 0.1) is 17.7 Å². The van der Waals surface area contributed by atoms with Gasteiger partial charge < -0.3 is 20.5 Å². The van der Waals surface area contributed by atoms with Crippen LogP contribution in [0.5, 0.6) is 0 Å². The van der Waals surface area contributed by atoms with Gasteiger partial charge in [-0.05, 0) is 12.1 Å². The molecule has 1 aromatic heterocycles. The number of carbonyl (C=O) groups excluding carboxylic acids is 4. The number of benzene rings is 1. The lowest BCUT2D eigenvalue weighted by Crippen LogP contribution is -2.70. The van der Waals surface area contributed by atoms with E-state index in [2.05, 4.69) is 10.3 Å². The molecule has 10 nitrogen and oxygen atoms in total. The monoisotopic (exact) mass is 472 g/mol. The summed E-state index contributed by atoms with van der Waals surface area (Å²) in [5.41, 5.74) is 6.96. The van der Waals surface area contributed by atoms with E-state index in [4.69, 9.17) is 15.2 Å². The number of thioether (sulfide) groups is 1. The molecule has 0 aliphatic carbocycles. The topological polar surface area (TPSA) is 141 Å². The van der Waals surface area contributed by atoms with Gasteiger partial charge in [0.2, 0.25) is 5.91 Å². The standard InChI is InChI=1S/C20H16N4O6S2/c21-20-22-9(8-32-20)7-13(25)23-14-15(26)24-12(5-6-31-16(14)24)18(28)30-19-11-4-2-1-3-10(11)17(27)29-19/h1-5,8,14,16,19H,6-7H2,(H2,21,22)(H,23,25)/t14?,16-,19?/m0/s1. The largest absolute Gasteiger partial charge is 0.417 e. The van der Waals surface area contributed by atoms with Crippen LogP contribution in [0.25, 0.3) is 0 Å². The third-order valence-corrected chi connectivity index (χ3v) is 7.05. The fraction of sp³-hybridized carbons (Fsp3) is 0.250. The van der Waals surface area contributed by atoms with E-state index in [0.29, 0.717) is 27.7 Å². The van der Waals surface area contributed by atoms with Gasteiger partial charge in [-0.3, -0.25) is 14.5 Å². The van der Waals surface area contributed by atoms with Crippen LogP contribution in [-0.2, 0) is 30.3 Å². The fourth-order valence-electron chi connectivity index (χ4n) is 3.68. The number of thiazole rings is 1. The first-order valence-electron chi connectivity index (χ1n) is 9.57. The number of cyclic esters (lactones) is 1. The number of esters is 2. The van der Waals surface area contributed by atoms with Crippen LogP contribution >= 0.6 is 23.1 Å². The molecular formula is C20H16N4O6S2. The first-order chi connectivity index (χ1) is 15.4. The maximum atomic E-state index is 12.8. The summed E-state index contributed by atoms with van der Waals surface area (Å²) in [6.45, 7) is 0. The summed E-state index contributed by atoms with van der Waals surface area (Å²) in [6.07, 6.45) is 0.421. The van der Waals surface area contributed by atoms with Gasteiger partial charge >= 0.3 is 11.9 Å². The molecule has 32 heavy (non-hydrogen) atoms. The second kappa shape index (κ2) is 7.95. The number of hydrogen-bond donors (Lipinski definition) is 2. The Kier molecular flexibility index (Phi) is 5.10. The normalized spacial score (nSPS) is 23.4. The first kappa shape index (κ1) is 20.5. The van der Waals surface area contributed by atoms with E-state index in [-0.39, 0.29) is 18.0 Å². The number of anilines is 1. The summed E-state index contributed by atoms with van der Waals surface area (Å²) in [6, 6.07) is 5.87. The summed E-state index contributed by atoms with van der Waals surface area (Å²) in [5.74, 6) is -1.67. The Hall–Kier alpha value is -3.38. The molecule has 12 heteroatoms. The van der Waals surface area contributed by atoms with E-state index in [9.17, 15) is 19.2 Å². The van der Waals surface area contributed by atoms with Crippen molar-refractivity contribution in [3.8, 4) is 0 Å². The highest BCUT2D eigenvalue weighted by atomic mass is 32.2. The zero-order chi connectivity index (χ0) is 22.4. The second-order valence-electron chi connectivity index (χ2n) is 7.15. The number of rotatable bonds is 5. The fourth-order valence-corrected chi connectivity index (χ4v) is 5.44. The van der Waals surface area contributed by atoms with Crippen molar-refractivity contribution in [2.45, 2.75) is 24.1 Å². The lowest BCUT2D eigenvalue weighted by atomic mass is 10.0. The van der Waals surface area contributed by atoms with Gasteiger partial charge in [0.15, 0.2) is 5.13 Å². The predicted octanol–water partition coefficient (Wildman–Crippen LogP) is 0.964. The van der Waals surface area contributed by atoms with Crippen molar-refractivity contribution in [2.75, 3.05) is 11.5 Å². The molecule has 3 aliphatic rings. The SMILES string of the molecule is Nc1nc(CC(=O)NC2C(=O)N3C(C(=O)OC4OC(=O)c5ccccc54)=CCS[C@@H]23)cs1. The van der Waals surface area contributed by atoms with Crippen molar-refractivity contribution in [2.24, 2.45) is 0 Å². The number of nitrogens with two attached hydrogens (primary N) is 1. The van der Waals surface area contributed by atoms with Crippen molar-refractivity contribution >= 4 is 52.0 Å². The van der Waals surface area contributed by atoms with Gasteiger partial charge in [0.25, 0.3) is 12.2 Å². The Bertz CT molecular complexity index is 1180. The summed E-state index contributed by atoms with van der Waals surface area (Å²) in [5, 5.41) is 4.32. The van der Waals surface area contributed by atoms with E-state index >= 15 is 0 Å². The average Bonchev–Trinajstić information content (AvgIpc) is 3.33. The smallest absolute Gasteiger partial charge is 0.358 e. The van der Waals surface area contributed by atoms with Crippen LogP contribution < -0.4 is 11.1 Å². The maximum absolute atomic E-state index is 12.8. The Morgan fingerprint density at radius 3 is 2.91 bits per heavy atom. The van der Waals surface area contributed by atoms with Crippen LogP contribution in [-0.4, -0.2) is 50.8 Å². The van der Waals surface area contributed by atoms with Gasteiger partial charge in [0, 0.05) is 16.7 Å². The molecule has 5 rings (SSSR count). The van der Waals surface area contributed by atoms with Gasteiger partial charge in [-0.1, -0.05) is 18.2 Å². The van der Waals surface area contributed by atoms with Gasteiger partial charge in [0.1, 0.15) is 17.1 Å². The number of nitrogen functional groups attached to an aromatic ring is 1. The highest BCUT2D eigenvalue weighted by Crippen LogP contribution is 2.39. The molecule has 0 saturated carbocycles. The van der Waals surface area contributed by atoms with E-state index in [0.717, 1.165) is 0 Å². The second-order valence-corrected chi connectivity index (χ2v) is 9.19. The number of ether oxygens (including phenoxy) is 2. The van der Waals surface area contributed by atoms with Crippen molar-refractivity contribution in [3.05, 3.63) is 58.2 Å². The average molecular weight is 473 g/mol. The van der Waals surface area contributed by atoms with Crippen LogP contribution in [0.4, 0.5) is 5.13 Å². The lowest BCUT2D eigenvalue weighted by Gasteiger charge is -2.48. The van der Waals surface area contributed by atoms with Crippen LogP contribution in [0.15, 0.2) is 41.4 Å². The number of carbonyl (C=O) groups is 4. The summed E-state index contributed by atoms with van der Waals surface area (Å²) >= 11 is 2.65. The van der Waals surface area contributed by atoms with E-state index < -0.39 is 35.6 Å². The number of β-lactam (4-membered cyclic amide) rings is 1. The Balaban J connectivity index is 1.23. The molecule has 2 amide bonds. The molecule has 3 N–H and O–H groups in total. The number of amides is 2. The van der Waals surface area contributed by atoms with Crippen LogP contribution in [0.2, 0.25) is 0 Å². The quantitative estimate of drug-likeness (QED) is 0.481. The molecule has 1 aromatic carbocycles. The van der Waals surface area contributed by atoms with E-state index in [1.807, 2.05) is 0 Å². The van der Waals surface area contributed by atoms with Crippen LogP contribution in [0, 0.1) is 0 Å². The molecule has 1 saturated heterocycles. The van der Waals surface area contributed by atoms with Crippen molar-refractivity contribution in [1.82, 2.24) is 15.2 Å². The highest BCUT2D eigenvalue weighted by molar-refractivity contribution is 8.00. The first-order valence-corrected chi connectivity index (χ1v) is 11.5. The maximum Gasteiger partial charge on any atom is 0.358 e. The van der Waals surface area contributed by atoms with Gasteiger partial charge in [-0.15, -0.1) is 23.1 Å². The minimum atomic E-state index is -1.17. The van der Waals surface area contributed by atoms with Crippen molar-refractivity contribution < 1.29 is 28.7 Å². The summed E-state index contributed by atoms with van der Waals surface area (Å²) in [7, 11) is 0. The minimum Gasteiger partial charge on any atom is -0.417 e. The molecule has 164 valence electrons. The molecule has 0 bridgehead atoms. The number of nitrogens with zero attached hydrogens (tertiary/aromatic N) is 2. The third kappa shape index (κ3) is 3.50. The lowest BCUT2D eigenvalue weighted by molar-refractivity contribution is -0.168. The highest BCUT2D eigenvalue weighted by Gasteiger charge is 2.53. The number of hydrogen-bond acceptors (Lipinski definition) is 10. The number of nitrogens with one attached hydrogen (secondary N) is 1. The van der Waals surface area contributed by atoms with Crippen LogP contribution in [0.1, 0.15) is 27.9 Å². The molecule has 0 spiro atoms. The molecule has 0 radical (unpaired) electrons. The molecule has 3 aliphatic heterocycles.